The molecule has 0 saturated carbocycles. The number of benzene rings is 1. The van der Waals surface area contributed by atoms with Crippen molar-refractivity contribution in [3.05, 3.63) is 29.8 Å². The highest BCUT2D eigenvalue weighted by atomic mass is 32.2. The van der Waals surface area contributed by atoms with Crippen LogP contribution in [0.5, 0.6) is 0 Å². The van der Waals surface area contributed by atoms with Crippen molar-refractivity contribution in [2.24, 2.45) is 0 Å². The third-order valence-corrected chi connectivity index (χ3v) is 3.52. The van der Waals surface area contributed by atoms with Crippen molar-refractivity contribution in [1.82, 2.24) is 5.32 Å². The quantitative estimate of drug-likeness (QED) is 0.642. The first kappa shape index (κ1) is 16.1. The number of carbonyl (C=O) groups excluding carboxylic acids is 1. The molecule has 0 aliphatic heterocycles. The Morgan fingerprint density at radius 1 is 1.32 bits per heavy atom. The Bertz CT molecular complexity index is 413. The first-order chi connectivity index (χ1) is 8.92. The number of nitrogens with one attached hydrogen (secondary N) is 1. The Labute approximate surface area is 120 Å². The van der Waals surface area contributed by atoms with Crippen LogP contribution < -0.4 is 5.32 Å². The van der Waals surface area contributed by atoms with Crippen molar-refractivity contribution < 1.29 is 9.53 Å². The maximum atomic E-state index is 11.4. The van der Waals surface area contributed by atoms with E-state index < -0.39 is 0 Å². The Kier molecular flexibility index (Phi) is 6.38. The average Bonchev–Trinajstić information content (AvgIpc) is 2.34. The fourth-order valence-electron chi connectivity index (χ4n) is 1.49. The van der Waals surface area contributed by atoms with Crippen LogP contribution in [0.4, 0.5) is 0 Å². The van der Waals surface area contributed by atoms with Crippen LogP contribution in [0.2, 0.25) is 0 Å². The fourth-order valence-corrected chi connectivity index (χ4v) is 2.35. The van der Waals surface area contributed by atoms with E-state index in [0.717, 1.165) is 11.4 Å². The van der Waals surface area contributed by atoms with E-state index in [1.54, 1.807) is 0 Å². The molecule has 4 heteroatoms. The molecule has 1 rings (SSSR count). The minimum absolute atomic E-state index is 0.0823. The molecule has 1 N–H and O–H groups in total. The SMILES string of the molecule is CCOC(=O)CSc1ccccc1CNC(C)(C)C. The van der Waals surface area contributed by atoms with Crippen molar-refractivity contribution in [1.29, 1.82) is 0 Å². The van der Waals surface area contributed by atoms with Crippen LogP contribution in [0.1, 0.15) is 33.3 Å². The largest absolute Gasteiger partial charge is 0.465 e. The van der Waals surface area contributed by atoms with Gasteiger partial charge in [-0.25, -0.2) is 0 Å². The Morgan fingerprint density at radius 3 is 2.63 bits per heavy atom. The first-order valence-corrected chi connectivity index (χ1v) is 7.52. The lowest BCUT2D eigenvalue weighted by Crippen LogP contribution is -2.35. The van der Waals surface area contributed by atoms with Gasteiger partial charge in [-0.05, 0) is 39.3 Å². The molecule has 0 fully saturated rings. The van der Waals surface area contributed by atoms with Crippen molar-refractivity contribution >= 4 is 17.7 Å². The lowest BCUT2D eigenvalue weighted by atomic mass is 10.1. The maximum absolute atomic E-state index is 11.4. The monoisotopic (exact) mass is 281 g/mol. The topological polar surface area (TPSA) is 38.3 Å². The molecule has 1 aromatic rings. The summed E-state index contributed by atoms with van der Waals surface area (Å²) < 4.78 is 4.94. The van der Waals surface area contributed by atoms with E-state index in [1.807, 2.05) is 25.1 Å². The molecule has 0 unspecified atom stereocenters. The summed E-state index contributed by atoms with van der Waals surface area (Å²) in [5.41, 5.74) is 1.30. The lowest BCUT2D eigenvalue weighted by Gasteiger charge is -2.21. The smallest absolute Gasteiger partial charge is 0.316 e. The summed E-state index contributed by atoms with van der Waals surface area (Å²) in [6.45, 7) is 9.48. The second kappa shape index (κ2) is 7.56. The molecule has 0 saturated heterocycles. The predicted molar refractivity (Wildman–Crippen MR) is 80.4 cm³/mol. The summed E-state index contributed by atoms with van der Waals surface area (Å²) in [5, 5.41) is 3.46. The average molecular weight is 281 g/mol. The van der Waals surface area contributed by atoms with Crippen LogP contribution in [0.3, 0.4) is 0 Å². The summed E-state index contributed by atoms with van der Waals surface area (Å²) >= 11 is 1.53. The fraction of sp³-hybridized carbons (Fsp3) is 0.533. The Morgan fingerprint density at radius 2 is 2.00 bits per heavy atom. The zero-order chi connectivity index (χ0) is 14.3. The van der Waals surface area contributed by atoms with E-state index >= 15 is 0 Å². The zero-order valence-corrected chi connectivity index (χ0v) is 13.0. The van der Waals surface area contributed by atoms with E-state index in [0.29, 0.717) is 12.4 Å². The molecule has 3 nitrogen and oxygen atoms in total. The molecule has 0 aromatic heterocycles. The molecule has 19 heavy (non-hydrogen) atoms. The number of thioether (sulfide) groups is 1. The number of esters is 1. The van der Waals surface area contributed by atoms with E-state index in [4.69, 9.17) is 4.74 Å². The predicted octanol–water partition coefficient (Wildman–Crippen LogP) is 3.23. The van der Waals surface area contributed by atoms with Crippen molar-refractivity contribution in [3.63, 3.8) is 0 Å². The van der Waals surface area contributed by atoms with E-state index in [1.165, 1.54) is 17.3 Å². The van der Waals surface area contributed by atoms with Crippen molar-refractivity contribution in [2.45, 2.75) is 44.7 Å². The number of hydrogen-bond donors (Lipinski definition) is 1. The van der Waals surface area contributed by atoms with E-state index in [9.17, 15) is 4.79 Å². The van der Waals surface area contributed by atoms with Gasteiger partial charge in [-0.1, -0.05) is 18.2 Å². The van der Waals surface area contributed by atoms with E-state index in [-0.39, 0.29) is 11.5 Å². The second-order valence-corrected chi connectivity index (χ2v) is 6.32. The van der Waals surface area contributed by atoms with Crippen molar-refractivity contribution in [3.8, 4) is 0 Å². The molecular weight excluding hydrogens is 258 g/mol. The van der Waals surface area contributed by atoms with Crippen LogP contribution in [-0.4, -0.2) is 23.9 Å². The molecule has 0 amide bonds. The van der Waals surface area contributed by atoms with Gasteiger partial charge in [0.2, 0.25) is 0 Å². The number of rotatable bonds is 6. The van der Waals surface area contributed by atoms with Crippen molar-refractivity contribution in [2.75, 3.05) is 12.4 Å². The number of carbonyl (C=O) groups is 1. The highest BCUT2D eigenvalue weighted by Gasteiger charge is 2.11. The molecule has 0 radical (unpaired) electrons. The van der Waals surface area contributed by atoms with Gasteiger partial charge in [0.1, 0.15) is 0 Å². The van der Waals surface area contributed by atoms with Crippen LogP contribution in [-0.2, 0) is 16.1 Å². The van der Waals surface area contributed by atoms with Crippen LogP contribution in [0, 0.1) is 0 Å². The van der Waals surface area contributed by atoms with E-state index in [2.05, 4.69) is 32.2 Å². The summed E-state index contributed by atoms with van der Waals surface area (Å²) in [6.07, 6.45) is 0. The van der Waals surface area contributed by atoms with Gasteiger partial charge in [-0.3, -0.25) is 4.79 Å². The Hall–Kier alpha value is -1.00. The van der Waals surface area contributed by atoms with Gasteiger partial charge < -0.3 is 10.1 Å². The minimum Gasteiger partial charge on any atom is -0.465 e. The summed E-state index contributed by atoms with van der Waals surface area (Å²) in [5.74, 6) is 0.200. The van der Waals surface area contributed by atoms with Gasteiger partial charge in [0.25, 0.3) is 0 Å². The third-order valence-electron chi connectivity index (χ3n) is 2.43. The van der Waals surface area contributed by atoms with Gasteiger partial charge in [0.15, 0.2) is 0 Å². The zero-order valence-electron chi connectivity index (χ0n) is 12.2. The summed E-state index contributed by atoms with van der Waals surface area (Å²) in [7, 11) is 0. The highest BCUT2D eigenvalue weighted by Crippen LogP contribution is 2.23. The molecule has 106 valence electrons. The molecule has 0 aliphatic rings. The van der Waals surface area contributed by atoms with Crippen LogP contribution in [0.25, 0.3) is 0 Å². The third kappa shape index (κ3) is 6.64. The van der Waals surface area contributed by atoms with Crippen LogP contribution in [0.15, 0.2) is 29.2 Å². The number of hydrogen-bond acceptors (Lipinski definition) is 4. The summed E-state index contributed by atoms with van der Waals surface area (Å²) in [4.78, 5) is 12.5. The minimum atomic E-state index is -0.161. The summed E-state index contributed by atoms with van der Waals surface area (Å²) in [6, 6.07) is 8.15. The van der Waals surface area contributed by atoms with Gasteiger partial charge in [-0.2, -0.15) is 0 Å². The van der Waals surface area contributed by atoms with Crippen LogP contribution >= 0.6 is 11.8 Å². The highest BCUT2D eigenvalue weighted by molar-refractivity contribution is 8.00. The molecule has 0 aliphatic carbocycles. The Balaban J connectivity index is 2.60. The number of ether oxygens (including phenoxy) is 1. The first-order valence-electron chi connectivity index (χ1n) is 6.53. The molecule has 1 aromatic carbocycles. The van der Waals surface area contributed by atoms with Gasteiger partial charge in [0, 0.05) is 17.0 Å². The molecule has 0 bridgehead atoms. The standard InChI is InChI=1S/C15H23NO2S/c1-5-18-14(17)11-19-13-9-7-6-8-12(13)10-16-15(2,3)4/h6-9,16H,5,10-11H2,1-4H3. The molecular formula is C15H23NO2S. The normalized spacial score (nSPS) is 11.4. The molecule has 0 atom stereocenters. The molecule has 0 spiro atoms. The maximum Gasteiger partial charge on any atom is 0.316 e. The lowest BCUT2D eigenvalue weighted by molar-refractivity contribution is -0.139. The van der Waals surface area contributed by atoms with Gasteiger partial charge >= 0.3 is 5.97 Å². The second-order valence-electron chi connectivity index (χ2n) is 5.30. The molecule has 0 heterocycles. The van der Waals surface area contributed by atoms with Gasteiger partial charge in [0.05, 0.1) is 12.4 Å². The van der Waals surface area contributed by atoms with Gasteiger partial charge in [-0.15, -0.1) is 11.8 Å².